The van der Waals surface area contributed by atoms with Crippen molar-refractivity contribution >= 4 is 11.9 Å². The first-order valence-corrected chi connectivity index (χ1v) is 6.55. The lowest BCUT2D eigenvalue weighted by Gasteiger charge is -2.12. The molecule has 1 fully saturated rings. The molecule has 98 valence electrons. The maximum absolute atomic E-state index is 11.6. The zero-order valence-electron chi connectivity index (χ0n) is 10.7. The van der Waals surface area contributed by atoms with Crippen molar-refractivity contribution in [1.82, 2.24) is 10.6 Å². The molecule has 0 spiro atoms. The number of hydrogen-bond donors (Lipinski definition) is 3. The lowest BCUT2D eigenvalue weighted by atomic mass is 10.2. The SMILES string of the molecule is CCCN=C(N)NCCC(=O)NC1CCCC1. The van der Waals surface area contributed by atoms with Crippen molar-refractivity contribution in [2.75, 3.05) is 13.1 Å². The minimum atomic E-state index is 0.104. The molecule has 0 heterocycles. The average Bonchev–Trinajstić information content (AvgIpc) is 2.79. The minimum Gasteiger partial charge on any atom is -0.370 e. The van der Waals surface area contributed by atoms with Crippen molar-refractivity contribution in [2.45, 2.75) is 51.5 Å². The Morgan fingerprint density at radius 3 is 2.76 bits per heavy atom. The quantitative estimate of drug-likeness (QED) is 0.473. The second-order valence-electron chi connectivity index (χ2n) is 4.49. The van der Waals surface area contributed by atoms with Crippen LogP contribution in [0.4, 0.5) is 0 Å². The highest BCUT2D eigenvalue weighted by Crippen LogP contribution is 2.17. The van der Waals surface area contributed by atoms with Crippen LogP contribution in [-0.2, 0) is 4.79 Å². The van der Waals surface area contributed by atoms with Gasteiger partial charge in [-0.05, 0) is 19.3 Å². The topological polar surface area (TPSA) is 79.5 Å². The zero-order chi connectivity index (χ0) is 12.5. The van der Waals surface area contributed by atoms with E-state index in [4.69, 9.17) is 5.73 Å². The van der Waals surface area contributed by atoms with E-state index in [1.807, 2.05) is 6.92 Å². The van der Waals surface area contributed by atoms with Gasteiger partial charge in [0.25, 0.3) is 0 Å². The van der Waals surface area contributed by atoms with Crippen LogP contribution in [0.5, 0.6) is 0 Å². The third-order valence-corrected chi connectivity index (χ3v) is 2.88. The van der Waals surface area contributed by atoms with Gasteiger partial charge >= 0.3 is 0 Å². The molecule has 17 heavy (non-hydrogen) atoms. The van der Waals surface area contributed by atoms with Crippen LogP contribution < -0.4 is 16.4 Å². The Balaban J connectivity index is 2.07. The fourth-order valence-electron chi connectivity index (χ4n) is 1.96. The largest absolute Gasteiger partial charge is 0.370 e. The molecule has 0 bridgehead atoms. The van der Waals surface area contributed by atoms with Gasteiger partial charge in [-0.2, -0.15) is 0 Å². The Labute approximate surface area is 103 Å². The normalized spacial score (nSPS) is 17.1. The molecular weight excluding hydrogens is 216 g/mol. The van der Waals surface area contributed by atoms with Crippen molar-refractivity contribution in [1.29, 1.82) is 0 Å². The smallest absolute Gasteiger partial charge is 0.221 e. The predicted octanol–water partition coefficient (Wildman–Crippen LogP) is 0.750. The van der Waals surface area contributed by atoms with Crippen LogP contribution >= 0.6 is 0 Å². The fourth-order valence-corrected chi connectivity index (χ4v) is 1.96. The van der Waals surface area contributed by atoms with E-state index in [0.717, 1.165) is 25.8 Å². The van der Waals surface area contributed by atoms with Crippen LogP contribution in [0.25, 0.3) is 0 Å². The summed E-state index contributed by atoms with van der Waals surface area (Å²) in [5, 5.41) is 5.98. The Morgan fingerprint density at radius 2 is 2.12 bits per heavy atom. The first-order chi connectivity index (χ1) is 8.22. The highest BCUT2D eigenvalue weighted by atomic mass is 16.1. The summed E-state index contributed by atoms with van der Waals surface area (Å²) >= 11 is 0. The van der Waals surface area contributed by atoms with Gasteiger partial charge in [0.1, 0.15) is 0 Å². The van der Waals surface area contributed by atoms with Crippen LogP contribution in [0.15, 0.2) is 4.99 Å². The maximum atomic E-state index is 11.6. The Hall–Kier alpha value is -1.26. The van der Waals surface area contributed by atoms with E-state index in [9.17, 15) is 4.79 Å². The Kier molecular flexibility index (Phi) is 6.43. The first kappa shape index (κ1) is 13.8. The third-order valence-electron chi connectivity index (χ3n) is 2.88. The fraction of sp³-hybridized carbons (Fsp3) is 0.833. The van der Waals surface area contributed by atoms with Gasteiger partial charge in [-0.3, -0.25) is 9.79 Å². The number of rotatable bonds is 6. The van der Waals surface area contributed by atoms with E-state index in [0.29, 0.717) is 25.0 Å². The number of amides is 1. The summed E-state index contributed by atoms with van der Waals surface area (Å²) in [4.78, 5) is 15.7. The van der Waals surface area contributed by atoms with E-state index in [1.165, 1.54) is 12.8 Å². The molecule has 1 aliphatic rings. The van der Waals surface area contributed by atoms with Gasteiger partial charge < -0.3 is 16.4 Å². The molecule has 0 aliphatic heterocycles. The van der Waals surface area contributed by atoms with Crippen molar-refractivity contribution in [2.24, 2.45) is 10.7 Å². The van der Waals surface area contributed by atoms with Crippen LogP contribution in [0.2, 0.25) is 0 Å². The number of nitrogens with one attached hydrogen (secondary N) is 2. The summed E-state index contributed by atoms with van der Waals surface area (Å²) in [6.45, 7) is 3.33. The summed E-state index contributed by atoms with van der Waals surface area (Å²) < 4.78 is 0. The average molecular weight is 240 g/mol. The van der Waals surface area contributed by atoms with Crippen molar-refractivity contribution in [3.63, 3.8) is 0 Å². The van der Waals surface area contributed by atoms with Gasteiger partial charge in [-0.15, -0.1) is 0 Å². The number of guanidine groups is 1. The summed E-state index contributed by atoms with van der Waals surface area (Å²) in [5.41, 5.74) is 5.62. The minimum absolute atomic E-state index is 0.104. The van der Waals surface area contributed by atoms with Crippen LogP contribution in [-0.4, -0.2) is 31.0 Å². The molecule has 1 saturated carbocycles. The number of nitrogens with zero attached hydrogens (tertiary/aromatic N) is 1. The van der Waals surface area contributed by atoms with Gasteiger partial charge in [0.05, 0.1) is 0 Å². The molecule has 4 N–H and O–H groups in total. The summed E-state index contributed by atoms with van der Waals surface area (Å²) in [6.07, 6.45) is 6.15. The molecule has 1 rings (SSSR count). The van der Waals surface area contributed by atoms with E-state index in [2.05, 4.69) is 15.6 Å². The van der Waals surface area contributed by atoms with E-state index < -0.39 is 0 Å². The van der Waals surface area contributed by atoms with E-state index in [-0.39, 0.29) is 5.91 Å². The standard InChI is InChI=1S/C12H24N4O/c1-2-8-14-12(13)15-9-7-11(17)16-10-5-3-4-6-10/h10H,2-9H2,1H3,(H,16,17)(H3,13,14,15). The molecule has 0 unspecified atom stereocenters. The molecular formula is C12H24N4O. The van der Waals surface area contributed by atoms with Crippen molar-refractivity contribution < 1.29 is 4.79 Å². The maximum Gasteiger partial charge on any atom is 0.221 e. The molecule has 0 aromatic carbocycles. The number of carbonyl (C=O) groups is 1. The number of nitrogens with two attached hydrogens (primary N) is 1. The number of carbonyl (C=O) groups excluding carboxylic acids is 1. The molecule has 0 aromatic rings. The van der Waals surface area contributed by atoms with Crippen LogP contribution in [0, 0.1) is 0 Å². The lowest BCUT2D eigenvalue weighted by molar-refractivity contribution is -0.121. The number of aliphatic imine (C=N–C) groups is 1. The Bertz CT molecular complexity index is 259. The zero-order valence-corrected chi connectivity index (χ0v) is 10.7. The first-order valence-electron chi connectivity index (χ1n) is 6.55. The molecule has 5 heteroatoms. The van der Waals surface area contributed by atoms with Gasteiger partial charge in [0.15, 0.2) is 5.96 Å². The summed E-state index contributed by atoms with van der Waals surface area (Å²) in [5.74, 6) is 0.535. The van der Waals surface area contributed by atoms with Gasteiger partial charge in [-0.25, -0.2) is 0 Å². The molecule has 0 saturated heterocycles. The summed E-state index contributed by atoms with van der Waals surface area (Å²) in [6, 6.07) is 0.397. The lowest BCUT2D eigenvalue weighted by Crippen LogP contribution is -2.37. The predicted molar refractivity (Wildman–Crippen MR) is 69.8 cm³/mol. The second-order valence-corrected chi connectivity index (χ2v) is 4.49. The Morgan fingerprint density at radius 1 is 1.41 bits per heavy atom. The molecule has 5 nitrogen and oxygen atoms in total. The van der Waals surface area contributed by atoms with Crippen molar-refractivity contribution in [3.8, 4) is 0 Å². The van der Waals surface area contributed by atoms with Crippen molar-refractivity contribution in [3.05, 3.63) is 0 Å². The molecule has 1 amide bonds. The summed E-state index contributed by atoms with van der Waals surface area (Å²) in [7, 11) is 0. The number of hydrogen-bond acceptors (Lipinski definition) is 2. The second kappa shape index (κ2) is 7.92. The molecule has 0 radical (unpaired) electrons. The van der Waals surface area contributed by atoms with Gasteiger partial charge in [0.2, 0.25) is 5.91 Å². The van der Waals surface area contributed by atoms with E-state index >= 15 is 0 Å². The third kappa shape index (κ3) is 6.14. The van der Waals surface area contributed by atoms with Crippen LogP contribution in [0.1, 0.15) is 45.4 Å². The molecule has 0 atom stereocenters. The highest BCUT2D eigenvalue weighted by Gasteiger charge is 2.16. The molecule has 1 aliphatic carbocycles. The van der Waals surface area contributed by atoms with Gasteiger partial charge in [-0.1, -0.05) is 19.8 Å². The monoisotopic (exact) mass is 240 g/mol. The molecule has 0 aromatic heterocycles. The van der Waals surface area contributed by atoms with E-state index in [1.54, 1.807) is 0 Å². The highest BCUT2D eigenvalue weighted by molar-refractivity contribution is 5.80. The van der Waals surface area contributed by atoms with Crippen LogP contribution in [0.3, 0.4) is 0 Å². The van der Waals surface area contributed by atoms with Gasteiger partial charge in [0, 0.05) is 25.6 Å².